The molecule has 2 N–H and O–H groups in total. The summed E-state index contributed by atoms with van der Waals surface area (Å²) in [6.07, 6.45) is 1.51. The average molecular weight is 351 g/mol. The number of anilines is 1. The quantitative estimate of drug-likeness (QED) is 0.701. The Labute approximate surface area is 140 Å². The first-order valence-corrected chi connectivity index (χ1v) is 8.02. The SMILES string of the molecule is C[C@H](Sc1nc2ncc(Cl)cc2[nH]1)C(=O)Nc1ccccc1F. The number of aromatic nitrogens is 3. The lowest BCUT2D eigenvalue weighted by Gasteiger charge is -2.10. The van der Waals surface area contributed by atoms with Crippen molar-refractivity contribution in [2.75, 3.05) is 5.32 Å². The molecular formula is C15H12ClFN4OS. The van der Waals surface area contributed by atoms with Crippen molar-refractivity contribution in [2.24, 2.45) is 0 Å². The van der Waals surface area contributed by atoms with Gasteiger partial charge in [0.25, 0.3) is 0 Å². The highest BCUT2D eigenvalue weighted by Gasteiger charge is 2.18. The van der Waals surface area contributed by atoms with Gasteiger partial charge in [-0.25, -0.2) is 14.4 Å². The first-order valence-electron chi connectivity index (χ1n) is 6.76. The Balaban J connectivity index is 1.71. The van der Waals surface area contributed by atoms with E-state index < -0.39 is 11.1 Å². The van der Waals surface area contributed by atoms with Crippen molar-refractivity contribution in [3.8, 4) is 0 Å². The number of amides is 1. The first kappa shape index (κ1) is 15.8. The first-order chi connectivity index (χ1) is 11.0. The zero-order chi connectivity index (χ0) is 16.4. The number of hydrogen-bond donors (Lipinski definition) is 2. The zero-order valence-electron chi connectivity index (χ0n) is 12.0. The van der Waals surface area contributed by atoms with Gasteiger partial charge in [-0.1, -0.05) is 35.5 Å². The monoisotopic (exact) mass is 350 g/mol. The Morgan fingerprint density at radius 2 is 2.22 bits per heavy atom. The number of rotatable bonds is 4. The van der Waals surface area contributed by atoms with Crippen LogP contribution in [0.25, 0.3) is 11.2 Å². The molecule has 0 spiro atoms. The maximum atomic E-state index is 13.6. The van der Waals surface area contributed by atoms with Crippen molar-refractivity contribution in [3.63, 3.8) is 0 Å². The van der Waals surface area contributed by atoms with Gasteiger partial charge in [-0.05, 0) is 25.1 Å². The van der Waals surface area contributed by atoms with E-state index in [0.29, 0.717) is 21.3 Å². The van der Waals surface area contributed by atoms with Crippen LogP contribution in [-0.2, 0) is 4.79 Å². The molecule has 3 rings (SSSR count). The lowest BCUT2D eigenvalue weighted by molar-refractivity contribution is -0.115. The number of H-pyrrole nitrogens is 1. The van der Waals surface area contributed by atoms with Crippen LogP contribution in [0.1, 0.15) is 6.92 Å². The highest BCUT2D eigenvalue weighted by Crippen LogP contribution is 2.25. The van der Waals surface area contributed by atoms with E-state index >= 15 is 0 Å². The Morgan fingerprint density at radius 1 is 1.43 bits per heavy atom. The molecule has 3 aromatic rings. The van der Waals surface area contributed by atoms with E-state index in [1.54, 1.807) is 25.1 Å². The number of carbonyl (C=O) groups is 1. The van der Waals surface area contributed by atoms with Crippen molar-refractivity contribution in [3.05, 3.63) is 47.4 Å². The van der Waals surface area contributed by atoms with Gasteiger partial charge in [-0.15, -0.1) is 0 Å². The molecule has 23 heavy (non-hydrogen) atoms. The molecule has 2 heterocycles. The largest absolute Gasteiger partial charge is 0.331 e. The zero-order valence-corrected chi connectivity index (χ0v) is 13.6. The van der Waals surface area contributed by atoms with Crippen molar-refractivity contribution in [2.45, 2.75) is 17.3 Å². The molecule has 0 bridgehead atoms. The summed E-state index contributed by atoms with van der Waals surface area (Å²) in [5.74, 6) is -0.785. The predicted molar refractivity (Wildman–Crippen MR) is 89.2 cm³/mol. The van der Waals surface area contributed by atoms with E-state index in [1.807, 2.05) is 0 Å². The molecule has 5 nitrogen and oxygen atoms in total. The third-order valence-electron chi connectivity index (χ3n) is 3.07. The molecule has 8 heteroatoms. The van der Waals surface area contributed by atoms with Gasteiger partial charge in [-0.2, -0.15) is 0 Å². The molecule has 1 amide bonds. The number of benzene rings is 1. The minimum Gasteiger partial charge on any atom is -0.331 e. The van der Waals surface area contributed by atoms with Crippen molar-refractivity contribution in [1.82, 2.24) is 15.0 Å². The molecule has 0 aliphatic rings. The second-order valence-corrected chi connectivity index (χ2v) is 6.56. The smallest absolute Gasteiger partial charge is 0.237 e. The van der Waals surface area contributed by atoms with Crippen LogP contribution >= 0.6 is 23.4 Å². The second-order valence-electron chi connectivity index (χ2n) is 4.80. The number of hydrogen-bond acceptors (Lipinski definition) is 4. The van der Waals surface area contributed by atoms with Gasteiger partial charge < -0.3 is 10.3 Å². The average Bonchev–Trinajstić information content (AvgIpc) is 2.90. The minimum absolute atomic E-state index is 0.156. The van der Waals surface area contributed by atoms with Gasteiger partial charge in [0, 0.05) is 6.20 Å². The molecule has 1 aromatic carbocycles. The molecule has 0 aliphatic carbocycles. The highest BCUT2D eigenvalue weighted by molar-refractivity contribution is 8.00. The number of carbonyl (C=O) groups excluding carboxylic acids is 1. The molecule has 0 saturated carbocycles. The number of thioether (sulfide) groups is 1. The summed E-state index contributed by atoms with van der Waals surface area (Å²) in [6.45, 7) is 1.72. The Bertz CT molecular complexity index is 870. The van der Waals surface area contributed by atoms with Crippen molar-refractivity contribution in [1.29, 1.82) is 0 Å². The lowest BCUT2D eigenvalue weighted by Crippen LogP contribution is -2.23. The van der Waals surface area contributed by atoms with Gasteiger partial charge >= 0.3 is 0 Å². The topological polar surface area (TPSA) is 70.7 Å². The number of aromatic amines is 1. The summed E-state index contributed by atoms with van der Waals surface area (Å²) in [6, 6.07) is 7.74. The fourth-order valence-electron chi connectivity index (χ4n) is 1.93. The third kappa shape index (κ3) is 3.62. The summed E-state index contributed by atoms with van der Waals surface area (Å²) >= 11 is 7.10. The van der Waals surface area contributed by atoms with Crippen LogP contribution in [0.5, 0.6) is 0 Å². The number of halogens is 2. The second kappa shape index (κ2) is 6.55. The maximum Gasteiger partial charge on any atom is 0.237 e. The Morgan fingerprint density at radius 3 is 3.00 bits per heavy atom. The number of imidazole rings is 1. The number of fused-ring (bicyclic) bond motifs is 1. The van der Waals surface area contributed by atoms with E-state index in [-0.39, 0.29) is 11.6 Å². The molecule has 0 fully saturated rings. The summed E-state index contributed by atoms with van der Waals surface area (Å²) in [5.41, 5.74) is 1.38. The molecule has 2 aromatic heterocycles. The fraction of sp³-hybridized carbons (Fsp3) is 0.133. The van der Waals surface area contributed by atoms with E-state index in [9.17, 15) is 9.18 Å². The van der Waals surface area contributed by atoms with Gasteiger partial charge in [-0.3, -0.25) is 4.79 Å². The standard InChI is InChI=1S/C15H12ClFN4OS/c1-8(14(22)19-11-5-3-2-4-10(11)17)23-15-20-12-6-9(16)7-18-13(12)21-15/h2-8H,1H3,(H,19,22)(H,18,20,21)/t8-/m0/s1. The van der Waals surface area contributed by atoms with E-state index in [1.165, 1.54) is 30.1 Å². The van der Waals surface area contributed by atoms with Gasteiger partial charge in [0.1, 0.15) is 5.82 Å². The molecule has 0 saturated heterocycles. The van der Waals surface area contributed by atoms with Crippen LogP contribution in [0.4, 0.5) is 10.1 Å². The van der Waals surface area contributed by atoms with Gasteiger partial charge in [0.05, 0.1) is 21.5 Å². The third-order valence-corrected chi connectivity index (χ3v) is 4.26. The molecule has 118 valence electrons. The molecule has 1 atom stereocenters. The van der Waals surface area contributed by atoms with Crippen LogP contribution in [-0.4, -0.2) is 26.1 Å². The summed E-state index contributed by atoms with van der Waals surface area (Å²) in [4.78, 5) is 23.6. The normalized spacial score (nSPS) is 12.3. The van der Waals surface area contributed by atoms with Crippen LogP contribution in [0.15, 0.2) is 41.7 Å². The molecule has 0 aliphatic heterocycles. The van der Waals surface area contributed by atoms with Crippen molar-refractivity contribution < 1.29 is 9.18 Å². The minimum atomic E-state index is -0.472. The van der Waals surface area contributed by atoms with Crippen LogP contribution < -0.4 is 5.32 Å². The lowest BCUT2D eigenvalue weighted by atomic mass is 10.3. The van der Waals surface area contributed by atoms with E-state index in [0.717, 1.165) is 0 Å². The van der Waals surface area contributed by atoms with Gasteiger partial charge in [0.2, 0.25) is 5.91 Å². The molecule has 0 radical (unpaired) electrons. The number of para-hydroxylation sites is 1. The van der Waals surface area contributed by atoms with Crippen molar-refractivity contribution >= 4 is 46.1 Å². The fourth-order valence-corrected chi connectivity index (χ4v) is 2.89. The van der Waals surface area contributed by atoms with Crippen LogP contribution in [0, 0.1) is 5.82 Å². The van der Waals surface area contributed by atoms with Gasteiger partial charge in [0.15, 0.2) is 10.8 Å². The Kier molecular flexibility index (Phi) is 4.49. The number of pyridine rings is 1. The molecule has 0 unspecified atom stereocenters. The maximum absolute atomic E-state index is 13.6. The number of nitrogens with zero attached hydrogens (tertiary/aromatic N) is 2. The summed E-state index contributed by atoms with van der Waals surface area (Å²) in [7, 11) is 0. The predicted octanol–water partition coefficient (Wildman–Crippen LogP) is 3.87. The highest BCUT2D eigenvalue weighted by atomic mass is 35.5. The van der Waals surface area contributed by atoms with Crippen LogP contribution in [0.3, 0.4) is 0 Å². The van der Waals surface area contributed by atoms with Crippen LogP contribution in [0.2, 0.25) is 5.02 Å². The number of nitrogens with one attached hydrogen (secondary N) is 2. The van der Waals surface area contributed by atoms with E-state index in [2.05, 4.69) is 20.3 Å². The Hall–Kier alpha value is -2.12. The van der Waals surface area contributed by atoms with E-state index in [4.69, 9.17) is 11.6 Å². The summed E-state index contributed by atoms with van der Waals surface area (Å²) < 4.78 is 13.6. The molecular weight excluding hydrogens is 339 g/mol. The summed E-state index contributed by atoms with van der Waals surface area (Å²) in [5, 5.41) is 3.14.